The fraction of sp³-hybridized carbons (Fsp3) is 0.400. The van der Waals surface area contributed by atoms with Gasteiger partial charge in [-0.15, -0.1) is 5.53 Å². The van der Waals surface area contributed by atoms with E-state index in [-0.39, 0.29) is 48.6 Å². The van der Waals surface area contributed by atoms with Crippen molar-refractivity contribution in [1.29, 1.82) is 0 Å². The fourth-order valence-electron chi connectivity index (χ4n) is 4.25. The van der Waals surface area contributed by atoms with E-state index >= 15 is 0 Å². The SMILES string of the molecule is CCOP(=O)(CN1C=C(CNC(=O)C(=O)c2c(C)c(C(=O)Nc3ccc(F)c(F)c3)n(C)c2C)N(C)N1)OCC. The molecule has 1 aliphatic rings. The first-order chi connectivity index (χ1) is 18.8. The molecular weight excluding hydrogens is 549 g/mol. The van der Waals surface area contributed by atoms with Crippen LogP contribution in [0.4, 0.5) is 14.5 Å². The Morgan fingerprint density at radius 3 is 2.30 bits per heavy atom. The van der Waals surface area contributed by atoms with Crippen LogP contribution in [0, 0.1) is 25.5 Å². The third-order valence-electron chi connectivity index (χ3n) is 6.18. The Bertz CT molecular complexity index is 1380. The lowest BCUT2D eigenvalue weighted by Crippen LogP contribution is -2.41. The zero-order valence-corrected chi connectivity index (χ0v) is 24.0. The summed E-state index contributed by atoms with van der Waals surface area (Å²) in [5.41, 5.74) is 4.31. The number of nitrogens with zero attached hydrogens (tertiary/aromatic N) is 3. The number of likely N-dealkylation sites (N-methyl/N-ethyl adjacent to an activating group) is 1. The smallest absolute Gasteiger partial charge is 0.344 e. The molecule has 0 spiro atoms. The molecule has 0 radical (unpaired) electrons. The molecule has 0 fully saturated rings. The maximum absolute atomic E-state index is 13.6. The number of nitrogens with one attached hydrogen (secondary N) is 3. The zero-order chi connectivity index (χ0) is 29.8. The van der Waals surface area contributed by atoms with Crippen LogP contribution in [0.15, 0.2) is 30.1 Å². The van der Waals surface area contributed by atoms with Gasteiger partial charge in [0.15, 0.2) is 11.6 Å². The highest BCUT2D eigenvalue weighted by Crippen LogP contribution is 2.48. The summed E-state index contributed by atoms with van der Waals surface area (Å²) < 4.78 is 51.7. The molecule has 40 heavy (non-hydrogen) atoms. The minimum atomic E-state index is -3.38. The number of aromatic nitrogens is 1. The lowest BCUT2D eigenvalue weighted by molar-refractivity contribution is -0.116. The molecule has 3 rings (SSSR count). The Hall–Kier alpha value is -3.58. The van der Waals surface area contributed by atoms with Crippen LogP contribution in [0.2, 0.25) is 0 Å². The lowest BCUT2D eigenvalue weighted by Gasteiger charge is -2.24. The Labute approximate surface area is 230 Å². The van der Waals surface area contributed by atoms with Crippen molar-refractivity contribution in [2.24, 2.45) is 7.05 Å². The summed E-state index contributed by atoms with van der Waals surface area (Å²) in [6.45, 7) is 6.92. The van der Waals surface area contributed by atoms with Gasteiger partial charge in [-0.05, 0) is 45.4 Å². The topological polar surface area (TPSA) is 134 Å². The largest absolute Gasteiger partial charge is 0.351 e. The summed E-state index contributed by atoms with van der Waals surface area (Å²) in [4.78, 5) is 38.9. The summed E-state index contributed by atoms with van der Waals surface area (Å²) in [6, 6.07) is 2.93. The van der Waals surface area contributed by atoms with Crippen molar-refractivity contribution in [1.82, 2.24) is 25.4 Å². The van der Waals surface area contributed by atoms with E-state index in [1.807, 2.05) is 0 Å². The van der Waals surface area contributed by atoms with Crippen LogP contribution in [0.1, 0.15) is 46.0 Å². The average molecular weight is 583 g/mol. The van der Waals surface area contributed by atoms with Crippen LogP contribution in [0.3, 0.4) is 0 Å². The van der Waals surface area contributed by atoms with Gasteiger partial charge < -0.3 is 24.2 Å². The maximum Gasteiger partial charge on any atom is 0.351 e. The number of ketones is 1. The van der Waals surface area contributed by atoms with E-state index in [1.54, 1.807) is 46.1 Å². The molecule has 0 atom stereocenters. The van der Waals surface area contributed by atoms with Crippen LogP contribution in [-0.2, 0) is 25.5 Å². The van der Waals surface area contributed by atoms with E-state index in [4.69, 9.17) is 9.05 Å². The Morgan fingerprint density at radius 2 is 1.70 bits per heavy atom. The molecule has 12 nitrogen and oxygen atoms in total. The number of hydrogen-bond donors (Lipinski definition) is 3. The average Bonchev–Trinajstić information content (AvgIpc) is 3.33. The number of carbonyl (C=O) groups excluding carboxylic acids is 3. The lowest BCUT2D eigenvalue weighted by atomic mass is 10.0. The summed E-state index contributed by atoms with van der Waals surface area (Å²) >= 11 is 0. The number of anilines is 1. The van der Waals surface area contributed by atoms with Gasteiger partial charge in [-0.1, -0.05) is 0 Å². The van der Waals surface area contributed by atoms with E-state index in [2.05, 4.69) is 16.2 Å². The van der Waals surface area contributed by atoms with Gasteiger partial charge in [-0.2, -0.15) is 0 Å². The van der Waals surface area contributed by atoms with E-state index in [0.29, 0.717) is 11.4 Å². The fourth-order valence-corrected chi connectivity index (χ4v) is 5.79. The van der Waals surface area contributed by atoms with Crippen molar-refractivity contribution in [3.8, 4) is 0 Å². The van der Waals surface area contributed by atoms with Crippen molar-refractivity contribution < 1.29 is 36.8 Å². The third kappa shape index (κ3) is 6.76. The molecule has 0 bridgehead atoms. The molecule has 0 unspecified atom stereocenters. The second kappa shape index (κ2) is 12.7. The van der Waals surface area contributed by atoms with Crippen LogP contribution < -0.4 is 16.2 Å². The van der Waals surface area contributed by atoms with Gasteiger partial charge in [0.25, 0.3) is 17.6 Å². The summed E-state index contributed by atoms with van der Waals surface area (Å²) in [5.74, 6) is -4.58. The van der Waals surface area contributed by atoms with Crippen LogP contribution in [0.5, 0.6) is 0 Å². The number of halogens is 2. The number of rotatable bonds is 12. The van der Waals surface area contributed by atoms with Gasteiger partial charge in [-0.25, -0.2) is 8.78 Å². The van der Waals surface area contributed by atoms with Crippen LogP contribution in [-0.4, -0.2) is 65.3 Å². The molecule has 0 saturated carbocycles. The quantitative estimate of drug-likeness (QED) is 0.196. The Kier molecular flexibility index (Phi) is 9.85. The number of benzene rings is 1. The Morgan fingerprint density at radius 1 is 1.05 bits per heavy atom. The standard InChI is InChI=1S/C25H33F2N6O6P/c1-7-38-40(37,39-8-2)14-33-13-18(32(6)30-33)12-28-25(36)23(34)21-15(3)22(31(5)16(21)4)24(35)29-17-9-10-19(26)20(27)11-17/h9-11,13,30H,7-8,12,14H2,1-6H3,(H,28,36)(H,29,35). The highest BCUT2D eigenvalue weighted by molar-refractivity contribution is 7.53. The molecule has 0 saturated heterocycles. The van der Waals surface area contributed by atoms with Crippen molar-refractivity contribution >= 4 is 30.9 Å². The van der Waals surface area contributed by atoms with E-state index in [0.717, 1.165) is 12.1 Å². The van der Waals surface area contributed by atoms with Crippen LogP contribution in [0.25, 0.3) is 0 Å². The van der Waals surface area contributed by atoms with Crippen LogP contribution >= 0.6 is 7.60 Å². The van der Waals surface area contributed by atoms with Gasteiger partial charge in [-0.3, -0.25) is 29.0 Å². The second-order valence-electron chi connectivity index (χ2n) is 8.92. The monoisotopic (exact) mass is 582 g/mol. The first-order valence-corrected chi connectivity index (χ1v) is 14.1. The predicted molar refractivity (Wildman–Crippen MR) is 143 cm³/mol. The maximum atomic E-state index is 13.6. The molecule has 1 aliphatic heterocycles. The van der Waals surface area contributed by atoms with E-state index in [1.165, 1.54) is 22.6 Å². The first kappa shape index (κ1) is 31.0. The molecule has 3 N–H and O–H groups in total. The highest BCUT2D eigenvalue weighted by Gasteiger charge is 2.31. The van der Waals surface area contributed by atoms with Crippen molar-refractivity contribution in [2.45, 2.75) is 27.7 Å². The second-order valence-corrected chi connectivity index (χ2v) is 10.9. The van der Waals surface area contributed by atoms with E-state index in [9.17, 15) is 27.7 Å². The Balaban J connectivity index is 1.71. The number of Topliss-reactive ketones (excluding diaryl/α,β-unsaturated/α-hetero) is 1. The van der Waals surface area contributed by atoms with Gasteiger partial charge >= 0.3 is 7.60 Å². The summed E-state index contributed by atoms with van der Waals surface area (Å²) in [5, 5.41) is 8.12. The first-order valence-electron chi connectivity index (χ1n) is 12.4. The van der Waals surface area contributed by atoms with E-state index < -0.39 is 36.8 Å². The molecule has 218 valence electrons. The highest BCUT2D eigenvalue weighted by atomic mass is 31.2. The molecule has 15 heteroatoms. The minimum absolute atomic E-state index is 0.0308. The van der Waals surface area contributed by atoms with Crippen molar-refractivity contribution in [3.05, 3.63) is 64.2 Å². The minimum Gasteiger partial charge on any atom is -0.344 e. The summed E-state index contributed by atoms with van der Waals surface area (Å²) in [6.07, 6.45) is 1.53. The van der Waals surface area contributed by atoms with Crippen molar-refractivity contribution in [2.75, 3.05) is 38.4 Å². The number of hydrazine groups is 2. The molecule has 2 heterocycles. The molecular formula is C25H33F2N6O6P. The predicted octanol–water partition coefficient (Wildman–Crippen LogP) is 3.20. The molecule has 0 aliphatic carbocycles. The number of amides is 2. The molecule has 1 aromatic carbocycles. The normalized spacial score (nSPS) is 13.4. The van der Waals surface area contributed by atoms with Gasteiger partial charge in [0.2, 0.25) is 0 Å². The zero-order valence-electron chi connectivity index (χ0n) is 23.1. The number of hydrogen-bond acceptors (Lipinski definition) is 9. The van der Waals surface area contributed by atoms with Gasteiger partial charge in [0.05, 0.1) is 31.0 Å². The summed E-state index contributed by atoms with van der Waals surface area (Å²) in [7, 11) is -0.153. The van der Waals surface area contributed by atoms with Gasteiger partial charge in [0, 0.05) is 37.7 Å². The van der Waals surface area contributed by atoms with Crippen molar-refractivity contribution in [3.63, 3.8) is 0 Å². The van der Waals surface area contributed by atoms with Gasteiger partial charge in [0.1, 0.15) is 12.0 Å². The molecule has 1 aromatic heterocycles. The third-order valence-corrected chi connectivity index (χ3v) is 8.13. The molecule has 2 aromatic rings. The number of carbonyl (C=O) groups is 3. The molecule has 2 amide bonds.